The first kappa shape index (κ1) is 22.1. The smallest absolute Gasteiger partial charge is 0.261 e. The van der Waals surface area contributed by atoms with Crippen LogP contribution in [0.25, 0.3) is 21.8 Å². The molecule has 1 atom stereocenters. The number of pyridine rings is 1. The number of carbonyl (C=O) groups excluding carboxylic acids is 2. The Labute approximate surface area is 184 Å². The van der Waals surface area contributed by atoms with Crippen molar-refractivity contribution in [3.8, 4) is 27.9 Å². The zero-order valence-electron chi connectivity index (χ0n) is 17.4. The van der Waals surface area contributed by atoms with E-state index in [1.165, 1.54) is 11.3 Å². The van der Waals surface area contributed by atoms with Crippen molar-refractivity contribution in [2.24, 2.45) is 0 Å². The lowest BCUT2D eigenvalue weighted by Crippen LogP contribution is -2.64. The fraction of sp³-hybridized carbons (Fsp3) is 0.227. The monoisotopic (exact) mass is 434 g/mol. The number of carbonyl (C=O) groups is 2. The normalized spacial score (nSPS) is 12.6. The highest BCUT2D eigenvalue weighted by Gasteiger charge is 2.37. The zero-order valence-corrected chi connectivity index (χ0v) is 18.2. The number of hydrogen-bond donors (Lipinski definition) is 2. The fourth-order valence-corrected chi connectivity index (χ4v) is 3.62. The lowest BCUT2D eigenvalue weighted by molar-refractivity contribution is -0.132. The summed E-state index contributed by atoms with van der Waals surface area (Å²) in [6, 6.07) is 12.7. The number of hydrogen-bond acceptors (Lipinski definition) is 7. The Morgan fingerprint density at radius 3 is 2.42 bits per heavy atom. The Bertz CT molecular complexity index is 1110. The van der Waals surface area contributed by atoms with Crippen molar-refractivity contribution in [2.75, 3.05) is 20.6 Å². The van der Waals surface area contributed by atoms with Crippen molar-refractivity contribution in [2.45, 2.75) is 12.6 Å². The molecule has 3 rings (SSSR count). The highest BCUT2D eigenvalue weighted by atomic mass is 32.1. The third kappa shape index (κ3) is 4.94. The molecule has 0 aliphatic heterocycles. The molecule has 0 fully saturated rings. The van der Waals surface area contributed by atoms with E-state index in [-0.39, 0.29) is 6.54 Å². The lowest BCUT2D eigenvalue weighted by Gasteiger charge is -2.35. The van der Waals surface area contributed by atoms with Gasteiger partial charge in [-0.15, -0.1) is 11.3 Å². The number of benzene rings is 1. The Balaban J connectivity index is 1.75. The van der Waals surface area contributed by atoms with E-state index in [2.05, 4.69) is 20.6 Å². The number of amides is 2. The first-order valence-electron chi connectivity index (χ1n) is 9.46. The van der Waals surface area contributed by atoms with Crippen molar-refractivity contribution in [3.05, 3.63) is 59.7 Å². The van der Waals surface area contributed by atoms with Gasteiger partial charge in [-0.25, -0.2) is 4.98 Å². The van der Waals surface area contributed by atoms with Crippen molar-refractivity contribution >= 4 is 23.2 Å². The maximum atomic E-state index is 12.8. The minimum atomic E-state index is -1.30. The standard InChI is InChI=1S/C22H22N6O2S/c1-22(28(2)3,21(30)25-13-10-23)27-19(29)16-6-4-15(5-7-16)18-14-31-20(26-18)17-8-11-24-12-9-17/h4-9,11-12,14H,13H2,1-3H3,(H,25,30)(H,27,29). The topological polar surface area (TPSA) is 111 Å². The minimum absolute atomic E-state index is 0.137. The molecule has 8 nitrogen and oxygen atoms in total. The largest absolute Gasteiger partial charge is 0.340 e. The average molecular weight is 435 g/mol. The van der Waals surface area contributed by atoms with Crippen LogP contribution in [-0.2, 0) is 4.79 Å². The molecule has 2 aromatic heterocycles. The summed E-state index contributed by atoms with van der Waals surface area (Å²) in [5, 5.41) is 16.8. The molecule has 2 heterocycles. The van der Waals surface area contributed by atoms with Gasteiger partial charge in [-0.1, -0.05) is 12.1 Å². The molecule has 31 heavy (non-hydrogen) atoms. The highest BCUT2D eigenvalue weighted by Crippen LogP contribution is 2.28. The van der Waals surface area contributed by atoms with Gasteiger partial charge >= 0.3 is 0 Å². The summed E-state index contributed by atoms with van der Waals surface area (Å²) in [6.45, 7) is 1.45. The Kier molecular flexibility index (Phi) is 6.74. The van der Waals surface area contributed by atoms with Gasteiger partial charge in [-0.2, -0.15) is 5.26 Å². The molecule has 2 amide bonds. The molecule has 0 aliphatic carbocycles. The molecule has 1 aromatic carbocycles. The number of nitrogens with zero attached hydrogens (tertiary/aromatic N) is 4. The van der Waals surface area contributed by atoms with Gasteiger partial charge in [-0.3, -0.25) is 19.5 Å². The molecule has 0 spiro atoms. The number of aromatic nitrogens is 2. The predicted octanol–water partition coefficient (Wildman–Crippen LogP) is 2.52. The molecule has 1 unspecified atom stereocenters. The second-order valence-corrected chi connectivity index (χ2v) is 7.97. The van der Waals surface area contributed by atoms with Crippen LogP contribution in [-0.4, -0.2) is 53.0 Å². The van der Waals surface area contributed by atoms with Crippen molar-refractivity contribution < 1.29 is 9.59 Å². The van der Waals surface area contributed by atoms with E-state index < -0.39 is 17.5 Å². The highest BCUT2D eigenvalue weighted by molar-refractivity contribution is 7.13. The number of nitriles is 1. The molecule has 0 saturated heterocycles. The maximum Gasteiger partial charge on any atom is 0.261 e. The van der Waals surface area contributed by atoms with Gasteiger partial charge in [0.1, 0.15) is 11.6 Å². The lowest BCUT2D eigenvalue weighted by atomic mass is 10.1. The molecule has 0 bridgehead atoms. The van der Waals surface area contributed by atoms with E-state index >= 15 is 0 Å². The van der Waals surface area contributed by atoms with Crippen LogP contribution < -0.4 is 10.6 Å². The van der Waals surface area contributed by atoms with Crippen molar-refractivity contribution in [1.82, 2.24) is 25.5 Å². The molecule has 0 aliphatic rings. The van der Waals surface area contributed by atoms with Crippen LogP contribution >= 0.6 is 11.3 Å². The fourth-order valence-electron chi connectivity index (χ4n) is 2.78. The van der Waals surface area contributed by atoms with Gasteiger partial charge in [0.25, 0.3) is 11.8 Å². The summed E-state index contributed by atoms with van der Waals surface area (Å²) >= 11 is 1.54. The van der Waals surface area contributed by atoms with Gasteiger partial charge in [-0.05, 0) is 45.3 Å². The van der Waals surface area contributed by atoms with Crippen molar-refractivity contribution in [1.29, 1.82) is 5.26 Å². The molecule has 9 heteroatoms. The van der Waals surface area contributed by atoms with Gasteiger partial charge in [0.2, 0.25) is 0 Å². The number of nitrogens with one attached hydrogen (secondary N) is 2. The first-order chi connectivity index (χ1) is 14.8. The summed E-state index contributed by atoms with van der Waals surface area (Å²) < 4.78 is 0. The van der Waals surface area contributed by atoms with Gasteiger partial charge < -0.3 is 10.6 Å². The summed E-state index contributed by atoms with van der Waals surface area (Å²) in [5.74, 6) is -0.860. The number of likely N-dealkylation sites (N-methyl/N-ethyl adjacent to an activating group) is 1. The third-order valence-electron chi connectivity index (χ3n) is 4.90. The molecular formula is C22H22N6O2S. The van der Waals surface area contributed by atoms with E-state index in [4.69, 9.17) is 5.26 Å². The average Bonchev–Trinajstić information content (AvgIpc) is 3.28. The molecule has 3 aromatic rings. The van der Waals surface area contributed by atoms with E-state index in [9.17, 15) is 9.59 Å². The summed E-state index contributed by atoms with van der Waals surface area (Å²) in [7, 11) is 3.36. The van der Waals surface area contributed by atoms with Crippen LogP contribution in [0.4, 0.5) is 0 Å². The van der Waals surface area contributed by atoms with Crippen LogP contribution in [0.5, 0.6) is 0 Å². The first-order valence-corrected chi connectivity index (χ1v) is 10.3. The van der Waals surface area contributed by atoms with E-state index in [0.717, 1.165) is 21.8 Å². The van der Waals surface area contributed by atoms with Crippen LogP contribution in [0, 0.1) is 11.3 Å². The maximum absolute atomic E-state index is 12.8. The SMILES string of the molecule is CN(C)C(C)(NC(=O)c1ccc(-c2csc(-c3ccncc3)n2)cc1)C(=O)NCC#N. The predicted molar refractivity (Wildman–Crippen MR) is 119 cm³/mol. The van der Waals surface area contributed by atoms with Gasteiger partial charge in [0.05, 0.1) is 11.8 Å². The molecular weight excluding hydrogens is 412 g/mol. The Morgan fingerprint density at radius 2 is 1.81 bits per heavy atom. The quantitative estimate of drug-likeness (QED) is 0.437. The van der Waals surface area contributed by atoms with Crippen LogP contribution in [0.1, 0.15) is 17.3 Å². The van der Waals surface area contributed by atoms with E-state index in [1.54, 1.807) is 50.4 Å². The van der Waals surface area contributed by atoms with Gasteiger partial charge in [0, 0.05) is 34.5 Å². The van der Waals surface area contributed by atoms with Crippen LogP contribution in [0.15, 0.2) is 54.2 Å². The van der Waals surface area contributed by atoms with E-state index in [1.807, 2.05) is 35.7 Å². The minimum Gasteiger partial charge on any atom is -0.340 e. The Hall–Kier alpha value is -3.61. The Morgan fingerprint density at radius 1 is 1.13 bits per heavy atom. The summed E-state index contributed by atoms with van der Waals surface area (Å²) in [6.07, 6.45) is 3.46. The number of rotatable bonds is 7. The second kappa shape index (κ2) is 9.47. The van der Waals surface area contributed by atoms with Gasteiger partial charge in [0.15, 0.2) is 5.66 Å². The van der Waals surface area contributed by atoms with E-state index in [0.29, 0.717) is 5.56 Å². The zero-order chi connectivity index (χ0) is 22.4. The van der Waals surface area contributed by atoms with Crippen LogP contribution in [0.2, 0.25) is 0 Å². The molecule has 0 radical (unpaired) electrons. The molecule has 0 saturated carbocycles. The summed E-state index contributed by atoms with van der Waals surface area (Å²) in [4.78, 5) is 35.5. The molecule has 2 N–H and O–H groups in total. The second-order valence-electron chi connectivity index (χ2n) is 7.11. The van der Waals surface area contributed by atoms with Crippen LogP contribution in [0.3, 0.4) is 0 Å². The summed E-state index contributed by atoms with van der Waals surface area (Å²) in [5.41, 5.74) is 1.81. The van der Waals surface area contributed by atoms with Crippen molar-refractivity contribution in [3.63, 3.8) is 0 Å². The molecule has 158 valence electrons. The number of thiazole rings is 1. The third-order valence-corrected chi connectivity index (χ3v) is 5.79.